The second-order valence-corrected chi connectivity index (χ2v) is 8.50. The Balaban J connectivity index is 0. The van der Waals surface area contributed by atoms with Crippen molar-refractivity contribution in [2.45, 2.75) is 105 Å². The van der Waals surface area contributed by atoms with Crippen LogP contribution in [-0.4, -0.2) is 30.5 Å². The van der Waals surface area contributed by atoms with Gasteiger partial charge in [-0.3, -0.25) is 4.90 Å². The minimum atomic E-state index is -0.950. The molecule has 0 radical (unpaired) electrons. The largest absolute Gasteiger partial charge is 1.00 e. The van der Waals surface area contributed by atoms with Crippen molar-refractivity contribution in [2.75, 3.05) is 19.6 Å². The van der Waals surface area contributed by atoms with E-state index in [1.54, 1.807) is 0 Å². The van der Waals surface area contributed by atoms with Gasteiger partial charge < -0.3 is 9.90 Å². The number of carboxylic acid groups (broad SMARTS) is 1. The van der Waals surface area contributed by atoms with Crippen molar-refractivity contribution in [3.63, 3.8) is 0 Å². The molecule has 0 aliphatic rings. The molecule has 2 atom stereocenters. The first-order valence-corrected chi connectivity index (χ1v) is 12.3. The first-order valence-electron chi connectivity index (χ1n) is 12.3. The van der Waals surface area contributed by atoms with Gasteiger partial charge in [0, 0.05) is 19.6 Å². The zero-order valence-corrected chi connectivity index (χ0v) is 22.8. The van der Waals surface area contributed by atoms with Crippen LogP contribution in [-0.2, 0) is 4.79 Å². The Labute approximate surface area is 210 Å². The van der Waals surface area contributed by atoms with Crippen LogP contribution in [0, 0.1) is 11.8 Å². The molecule has 0 spiro atoms. The topological polar surface area (TPSA) is 43.4 Å². The number of allylic oxidation sites excluding steroid dienone is 4. The molecule has 0 amide bonds. The molecule has 0 bridgehead atoms. The van der Waals surface area contributed by atoms with Crippen LogP contribution < -0.4 is 34.7 Å². The number of hydrogen-bond acceptors (Lipinski definition) is 3. The smallest absolute Gasteiger partial charge is 0.549 e. The summed E-state index contributed by atoms with van der Waals surface area (Å²) in [5.74, 6) is 0.155. The number of unbranched alkanes of at least 4 members (excludes halogenated alkanes) is 4. The monoisotopic (exact) mass is 429 g/mol. The minimum Gasteiger partial charge on any atom is -0.549 e. The second-order valence-electron chi connectivity index (χ2n) is 8.50. The predicted molar refractivity (Wildman–Crippen MR) is 125 cm³/mol. The van der Waals surface area contributed by atoms with E-state index in [9.17, 15) is 9.90 Å². The predicted octanol–water partition coefficient (Wildman–Crippen LogP) is 3.15. The summed E-state index contributed by atoms with van der Waals surface area (Å²) in [4.78, 5) is 13.4. The van der Waals surface area contributed by atoms with Crippen LogP contribution in [0.2, 0.25) is 0 Å². The van der Waals surface area contributed by atoms with Crippen LogP contribution in [0.1, 0.15) is 105 Å². The molecule has 0 saturated heterocycles. The number of carbonyl (C=O) groups is 1. The Kier molecular flexibility index (Phi) is 25.2. The van der Waals surface area contributed by atoms with Crippen molar-refractivity contribution in [1.82, 2.24) is 4.90 Å². The van der Waals surface area contributed by atoms with Crippen LogP contribution in [0.25, 0.3) is 0 Å². The fraction of sp³-hybridized carbons (Fsp3) is 0.808. The molecule has 0 aliphatic carbocycles. The fourth-order valence-electron chi connectivity index (χ4n) is 3.74. The van der Waals surface area contributed by atoms with Gasteiger partial charge in [0.05, 0.1) is 5.97 Å². The third-order valence-corrected chi connectivity index (χ3v) is 5.81. The van der Waals surface area contributed by atoms with Crippen molar-refractivity contribution in [3.05, 3.63) is 24.3 Å². The van der Waals surface area contributed by atoms with Gasteiger partial charge in [0.2, 0.25) is 0 Å². The minimum absolute atomic E-state index is 0. The molecule has 170 valence electrons. The number of hydrogen-bond donors (Lipinski definition) is 0. The maximum atomic E-state index is 11.3. The summed E-state index contributed by atoms with van der Waals surface area (Å²) < 4.78 is 0. The summed E-state index contributed by atoms with van der Waals surface area (Å²) in [6.07, 6.45) is 23.3. The molecule has 0 aromatic carbocycles. The van der Waals surface area contributed by atoms with Crippen LogP contribution >= 0.6 is 0 Å². The van der Waals surface area contributed by atoms with Gasteiger partial charge in [-0.15, -0.1) is 0 Å². The van der Waals surface area contributed by atoms with Crippen LogP contribution in [0.4, 0.5) is 0 Å². The average Bonchev–Trinajstić information content (AvgIpc) is 2.70. The van der Waals surface area contributed by atoms with Crippen molar-refractivity contribution in [2.24, 2.45) is 11.8 Å². The van der Waals surface area contributed by atoms with Crippen molar-refractivity contribution < 1.29 is 39.5 Å². The fourth-order valence-corrected chi connectivity index (χ4v) is 3.74. The molecular weight excluding hydrogens is 381 g/mol. The molecule has 30 heavy (non-hydrogen) atoms. The van der Waals surface area contributed by atoms with Crippen LogP contribution in [0.15, 0.2) is 24.3 Å². The summed E-state index contributed by atoms with van der Waals surface area (Å²) in [6, 6.07) is 0. The maximum Gasteiger partial charge on any atom is 1.00 e. The first-order chi connectivity index (χ1) is 14.1. The van der Waals surface area contributed by atoms with Gasteiger partial charge in [-0.2, -0.15) is 0 Å². The van der Waals surface area contributed by atoms with E-state index in [1.165, 1.54) is 38.5 Å². The van der Waals surface area contributed by atoms with E-state index >= 15 is 0 Å². The number of carbonyl (C=O) groups excluding carboxylic acids is 1. The Hall–Kier alpha value is -0.0900. The Morgan fingerprint density at radius 1 is 0.767 bits per heavy atom. The third-order valence-electron chi connectivity index (χ3n) is 5.81. The third kappa shape index (κ3) is 19.8. The van der Waals surface area contributed by atoms with Crippen molar-refractivity contribution >= 4 is 5.97 Å². The van der Waals surface area contributed by atoms with Gasteiger partial charge in [0.25, 0.3) is 0 Å². The summed E-state index contributed by atoms with van der Waals surface area (Å²) in [7, 11) is 0. The Bertz CT molecular complexity index is 405. The summed E-state index contributed by atoms with van der Waals surface area (Å²) in [6.45, 7) is 10.7. The molecule has 0 heterocycles. The molecule has 4 heteroatoms. The van der Waals surface area contributed by atoms with Gasteiger partial charge in [-0.05, 0) is 50.4 Å². The van der Waals surface area contributed by atoms with E-state index in [4.69, 9.17) is 0 Å². The quantitative estimate of drug-likeness (QED) is 0.170. The maximum absolute atomic E-state index is 11.3. The Morgan fingerprint density at radius 2 is 1.17 bits per heavy atom. The Morgan fingerprint density at radius 3 is 1.50 bits per heavy atom. The molecule has 0 aromatic heterocycles. The molecule has 0 aliphatic heterocycles. The first kappa shape index (κ1) is 32.1. The molecule has 0 fully saturated rings. The number of rotatable bonds is 20. The zero-order chi connectivity index (χ0) is 21.7. The molecule has 2 unspecified atom stereocenters. The molecular formula is C26H48NNaO2. The SMILES string of the molecule is CCCC/C=C/CCC(CC)CN(CC(=O)[O-])CC(CC)CC/C=C/CCCC.[Na+]. The average molecular weight is 430 g/mol. The van der Waals surface area contributed by atoms with E-state index < -0.39 is 5.97 Å². The van der Waals surface area contributed by atoms with Crippen molar-refractivity contribution in [3.8, 4) is 0 Å². The summed E-state index contributed by atoms with van der Waals surface area (Å²) in [5, 5.41) is 11.3. The molecule has 0 aromatic rings. The van der Waals surface area contributed by atoms with E-state index in [0.717, 1.165) is 51.6 Å². The molecule has 3 nitrogen and oxygen atoms in total. The second kappa shape index (κ2) is 23.6. The van der Waals surface area contributed by atoms with Crippen molar-refractivity contribution in [1.29, 1.82) is 0 Å². The summed E-state index contributed by atoms with van der Waals surface area (Å²) >= 11 is 0. The molecule has 0 rings (SSSR count). The van der Waals surface area contributed by atoms with Gasteiger partial charge >= 0.3 is 29.6 Å². The van der Waals surface area contributed by atoms with Crippen LogP contribution in [0.5, 0.6) is 0 Å². The van der Waals surface area contributed by atoms with E-state index in [0.29, 0.717) is 11.8 Å². The number of nitrogens with zero attached hydrogens (tertiary/aromatic N) is 1. The van der Waals surface area contributed by atoms with Crippen LogP contribution in [0.3, 0.4) is 0 Å². The van der Waals surface area contributed by atoms with E-state index in [1.807, 2.05) is 0 Å². The number of aliphatic carboxylic acids is 1. The van der Waals surface area contributed by atoms with E-state index in [-0.39, 0.29) is 36.1 Å². The zero-order valence-electron chi connectivity index (χ0n) is 20.8. The standard InChI is InChI=1S/C26H49NO2.Na/c1-5-9-11-13-15-17-19-24(7-3)21-27(23-26(28)29)22-25(8-4)20-18-16-14-12-10-6-2;/h13-16,24-25H,5-12,17-23H2,1-4H3,(H,28,29);/q;+1/p-1/b15-13+,16-14+;. The molecule has 0 saturated carbocycles. The van der Waals surface area contributed by atoms with Gasteiger partial charge in [-0.1, -0.05) is 90.5 Å². The van der Waals surface area contributed by atoms with Gasteiger partial charge in [-0.25, -0.2) is 0 Å². The summed E-state index contributed by atoms with van der Waals surface area (Å²) in [5.41, 5.74) is 0. The van der Waals surface area contributed by atoms with E-state index in [2.05, 4.69) is 56.9 Å². The number of carboxylic acids is 1. The molecule has 0 N–H and O–H groups in total. The van der Waals surface area contributed by atoms with Gasteiger partial charge in [0.15, 0.2) is 0 Å². The van der Waals surface area contributed by atoms with Gasteiger partial charge in [0.1, 0.15) is 0 Å². The normalized spacial score (nSPS) is 13.8.